The lowest BCUT2D eigenvalue weighted by atomic mass is 10.0. The van der Waals surface area contributed by atoms with Crippen molar-refractivity contribution in [1.29, 1.82) is 0 Å². The Morgan fingerprint density at radius 1 is 1.50 bits per heavy atom. The van der Waals surface area contributed by atoms with Crippen molar-refractivity contribution in [2.24, 2.45) is 0 Å². The number of hydrogen-bond donors (Lipinski definition) is 1. The second kappa shape index (κ2) is 6.58. The normalized spacial score (nSPS) is 12.1. The minimum Gasteiger partial charge on any atom is -0.310 e. The lowest BCUT2D eigenvalue weighted by Gasteiger charge is -2.18. The zero-order valence-electron chi connectivity index (χ0n) is 9.89. The van der Waals surface area contributed by atoms with Crippen molar-refractivity contribution in [2.45, 2.75) is 32.7 Å². The first-order valence-electron chi connectivity index (χ1n) is 5.62. The molecular formula is C14H18ClN. The number of aryl methyl sites for hydroxylation is 1. The molecule has 1 atom stereocenters. The number of terminal acetylenes is 1. The molecule has 1 unspecified atom stereocenters. The van der Waals surface area contributed by atoms with Crippen molar-refractivity contribution in [3.63, 3.8) is 0 Å². The molecule has 0 fully saturated rings. The Bertz CT molecular complexity index is 379. The lowest BCUT2D eigenvalue weighted by Crippen LogP contribution is -2.20. The van der Waals surface area contributed by atoms with Crippen LogP contribution in [0.4, 0.5) is 0 Å². The third kappa shape index (κ3) is 3.56. The summed E-state index contributed by atoms with van der Waals surface area (Å²) in [5, 5.41) is 4.26. The highest BCUT2D eigenvalue weighted by molar-refractivity contribution is 6.31. The van der Waals surface area contributed by atoms with Crippen LogP contribution in [0.5, 0.6) is 0 Å². The van der Waals surface area contributed by atoms with E-state index in [-0.39, 0.29) is 0 Å². The van der Waals surface area contributed by atoms with E-state index in [2.05, 4.69) is 30.3 Å². The molecule has 1 rings (SSSR count). The minimum absolute atomic E-state index is 0.331. The molecule has 0 aliphatic heterocycles. The summed E-state index contributed by atoms with van der Waals surface area (Å²) < 4.78 is 0. The van der Waals surface area contributed by atoms with Crippen LogP contribution in [0, 0.1) is 19.3 Å². The summed E-state index contributed by atoms with van der Waals surface area (Å²) in [6.07, 6.45) is 7.06. The van der Waals surface area contributed by atoms with E-state index in [1.165, 1.54) is 5.56 Å². The number of halogens is 1. The van der Waals surface area contributed by atoms with Gasteiger partial charge in [0.25, 0.3) is 0 Å². The monoisotopic (exact) mass is 235 g/mol. The van der Waals surface area contributed by atoms with E-state index in [1.54, 1.807) is 0 Å². The summed E-state index contributed by atoms with van der Waals surface area (Å²) in [5.74, 6) is 2.69. The van der Waals surface area contributed by atoms with Gasteiger partial charge in [-0.3, -0.25) is 0 Å². The van der Waals surface area contributed by atoms with Crippen LogP contribution in [0.3, 0.4) is 0 Å². The summed E-state index contributed by atoms with van der Waals surface area (Å²) in [7, 11) is 0. The fourth-order valence-electron chi connectivity index (χ4n) is 1.75. The zero-order chi connectivity index (χ0) is 12.0. The Kier molecular flexibility index (Phi) is 5.38. The molecule has 0 aliphatic carbocycles. The molecule has 1 aromatic carbocycles. The van der Waals surface area contributed by atoms with Gasteiger partial charge in [0.05, 0.1) is 0 Å². The van der Waals surface area contributed by atoms with Crippen LogP contribution in [0.25, 0.3) is 0 Å². The van der Waals surface area contributed by atoms with Crippen LogP contribution in [-0.4, -0.2) is 6.54 Å². The van der Waals surface area contributed by atoms with Gasteiger partial charge in [-0.25, -0.2) is 0 Å². The van der Waals surface area contributed by atoms with Crippen molar-refractivity contribution >= 4 is 11.6 Å². The van der Waals surface area contributed by atoms with E-state index in [1.807, 2.05) is 13.0 Å². The fraction of sp³-hybridized carbons (Fsp3) is 0.429. The average molecular weight is 236 g/mol. The summed E-state index contributed by atoms with van der Waals surface area (Å²) in [5.41, 5.74) is 2.38. The molecule has 2 heteroatoms. The van der Waals surface area contributed by atoms with Gasteiger partial charge in [0.15, 0.2) is 0 Å². The molecule has 1 N–H and O–H groups in total. The van der Waals surface area contributed by atoms with Gasteiger partial charge in [0.1, 0.15) is 0 Å². The van der Waals surface area contributed by atoms with Crippen LogP contribution in [0.1, 0.15) is 36.9 Å². The van der Waals surface area contributed by atoms with Crippen molar-refractivity contribution in [2.75, 3.05) is 6.54 Å². The van der Waals surface area contributed by atoms with Crippen LogP contribution in [-0.2, 0) is 0 Å². The maximum absolute atomic E-state index is 6.01. The van der Waals surface area contributed by atoms with Crippen molar-refractivity contribution in [1.82, 2.24) is 5.32 Å². The highest BCUT2D eigenvalue weighted by atomic mass is 35.5. The van der Waals surface area contributed by atoms with Gasteiger partial charge < -0.3 is 5.32 Å². The second-order valence-corrected chi connectivity index (χ2v) is 4.27. The molecule has 0 aromatic heterocycles. The fourth-order valence-corrected chi connectivity index (χ4v) is 1.86. The summed E-state index contributed by atoms with van der Waals surface area (Å²) >= 11 is 6.01. The zero-order valence-corrected chi connectivity index (χ0v) is 10.6. The number of hydrogen-bond acceptors (Lipinski definition) is 1. The molecule has 1 aromatic rings. The Balaban J connectivity index is 2.83. The maximum atomic E-state index is 6.01. The molecule has 0 amide bonds. The van der Waals surface area contributed by atoms with Gasteiger partial charge in [-0.05, 0) is 37.1 Å². The van der Waals surface area contributed by atoms with E-state index >= 15 is 0 Å². The molecular weight excluding hydrogens is 218 g/mol. The van der Waals surface area contributed by atoms with Crippen LogP contribution < -0.4 is 5.32 Å². The quantitative estimate of drug-likeness (QED) is 0.768. The summed E-state index contributed by atoms with van der Waals surface area (Å²) in [4.78, 5) is 0. The minimum atomic E-state index is 0.331. The molecule has 0 aliphatic rings. The van der Waals surface area contributed by atoms with Crippen LogP contribution in [0.15, 0.2) is 18.2 Å². The van der Waals surface area contributed by atoms with E-state index < -0.39 is 0 Å². The largest absolute Gasteiger partial charge is 0.310 e. The molecule has 0 spiro atoms. The van der Waals surface area contributed by atoms with E-state index in [0.29, 0.717) is 6.04 Å². The second-order valence-electron chi connectivity index (χ2n) is 3.86. The lowest BCUT2D eigenvalue weighted by molar-refractivity contribution is 0.522. The van der Waals surface area contributed by atoms with Gasteiger partial charge in [0.2, 0.25) is 0 Å². The van der Waals surface area contributed by atoms with E-state index in [9.17, 15) is 0 Å². The number of nitrogens with one attached hydrogen (secondary N) is 1. The smallest absolute Gasteiger partial charge is 0.0435 e. The Morgan fingerprint density at radius 2 is 2.25 bits per heavy atom. The van der Waals surface area contributed by atoms with Gasteiger partial charge in [-0.2, -0.15) is 0 Å². The summed E-state index contributed by atoms with van der Waals surface area (Å²) in [6.45, 7) is 5.07. The molecule has 0 saturated heterocycles. The molecule has 0 bridgehead atoms. The summed E-state index contributed by atoms with van der Waals surface area (Å²) in [6, 6.07) is 6.48. The molecule has 16 heavy (non-hydrogen) atoms. The standard InChI is InChI=1S/C14H18ClN/c1-4-6-7-14(16-5-2)12-8-9-13(15)11(3)10-12/h1,8-10,14,16H,5-7H2,2-3H3. The van der Waals surface area contributed by atoms with Crippen molar-refractivity contribution < 1.29 is 0 Å². The van der Waals surface area contributed by atoms with E-state index in [4.69, 9.17) is 18.0 Å². The van der Waals surface area contributed by atoms with Crippen LogP contribution >= 0.6 is 11.6 Å². The Labute approximate surface area is 103 Å². The van der Waals surface area contributed by atoms with Gasteiger partial charge >= 0.3 is 0 Å². The van der Waals surface area contributed by atoms with Crippen molar-refractivity contribution in [3.05, 3.63) is 34.3 Å². The Morgan fingerprint density at radius 3 is 2.81 bits per heavy atom. The first kappa shape index (κ1) is 13.1. The van der Waals surface area contributed by atoms with Crippen molar-refractivity contribution in [3.8, 4) is 12.3 Å². The highest BCUT2D eigenvalue weighted by Gasteiger charge is 2.10. The topological polar surface area (TPSA) is 12.0 Å². The molecule has 0 saturated carbocycles. The molecule has 0 radical (unpaired) electrons. The average Bonchev–Trinajstić information content (AvgIpc) is 2.28. The van der Waals surface area contributed by atoms with E-state index in [0.717, 1.165) is 30.0 Å². The predicted octanol–water partition coefficient (Wildman–Crippen LogP) is 3.71. The van der Waals surface area contributed by atoms with Gasteiger partial charge in [-0.15, -0.1) is 12.3 Å². The first-order chi connectivity index (χ1) is 7.69. The molecule has 0 heterocycles. The third-order valence-corrected chi connectivity index (χ3v) is 3.04. The SMILES string of the molecule is C#CCCC(NCC)c1ccc(Cl)c(C)c1. The first-order valence-corrected chi connectivity index (χ1v) is 5.99. The maximum Gasteiger partial charge on any atom is 0.0435 e. The van der Waals surface area contributed by atoms with Gasteiger partial charge in [0, 0.05) is 17.5 Å². The van der Waals surface area contributed by atoms with Gasteiger partial charge in [-0.1, -0.05) is 30.7 Å². The molecule has 86 valence electrons. The number of rotatable bonds is 5. The predicted molar refractivity (Wildman–Crippen MR) is 70.7 cm³/mol. The molecule has 1 nitrogen and oxygen atoms in total. The Hall–Kier alpha value is -0.970. The number of benzene rings is 1. The van der Waals surface area contributed by atoms with Crippen LogP contribution in [0.2, 0.25) is 5.02 Å². The third-order valence-electron chi connectivity index (χ3n) is 2.61. The highest BCUT2D eigenvalue weighted by Crippen LogP contribution is 2.23.